The van der Waals surface area contributed by atoms with E-state index in [-0.39, 0.29) is 0 Å². The van der Waals surface area contributed by atoms with E-state index in [4.69, 9.17) is 0 Å². The molecule has 0 heteroatoms. The third-order valence-corrected chi connectivity index (χ3v) is 4.24. The molecule has 17 heavy (non-hydrogen) atoms. The monoisotopic (exact) mass is 222 g/mol. The maximum absolute atomic E-state index is 3.45. The fraction of sp³-hybridized carbons (Fsp3) is 0.353. The highest BCUT2D eigenvalue weighted by Crippen LogP contribution is 2.50. The van der Waals surface area contributed by atoms with Gasteiger partial charge in [-0.15, -0.1) is 5.73 Å². The lowest BCUT2D eigenvalue weighted by molar-refractivity contribution is 0.419. The molecule has 0 nitrogen and oxygen atoms in total. The molecule has 0 amide bonds. The first-order valence-electron chi connectivity index (χ1n) is 6.55. The van der Waals surface area contributed by atoms with Crippen molar-refractivity contribution < 1.29 is 0 Å². The summed E-state index contributed by atoms with van der Waals surface area (Å²) in [4.78, 5) is 0. The van der Waals surface area contributed by atoms with Crippen molar-refractivity contribution in [2.45, 2.75) is 26.2 Å². The standard InChI is InChI=1S/C17H18/c1-3-12(2)17-15-10-6-4-8-13(15)14-9-5-7-11-16(14)17/h4-8,10-12,16-17H,3H2,1-2H3. The first kappa shape index (κ1) is 10.6. The van der Waals surface area contributed by atoms with E-state index in [0.29, 0.717) is 11.8 Å². The predicted octanol–water partition coefficient (Wildman–Crippen LogP) is 4.55. The second-order valence-electron chi connectivity index (χ2n) is 5.13. The third-order valence-electron chi connectivity index (χ3n) is 4.24. The van der Waals surface area contributed by atoms with Gasteiger partial charge in [-0.25, -0.2) is 0 Å². The van der Waals surface area contributed by atoms with Crippen LogP contribution in [0, 0.1) is 11.8 Å². The van der Waals surface area contributed by atoms with Gasteiger partial charge in [-0.2, -0.15) is 0 Å². The zero-order chi connectivity index (χ0) is 11.8. The van der Waals surface area contributed by atoms with Gasteiger partial charge in [-0.1, -0.05) is 56.7 Å². The summed E-state index contributed by atoms with van der Waals surface area (Å²) in [7, 11) is 0. The Morgan fingerprint density at radius 1 is 1.29 bits per heavy atom. The van der Waals surface area contributed by atoms with Crippen molar-refractivity contribution in [2.24, 2.45) is 11.8 Å². The molecule has 3 atom stereocenters. The van der Waals surface area contributed by atoms with E-state index in [1.54, 1.807) is 0 Å². The van der Waals surface area contributed by atoms with Crippen molar-refractivity contribution in [2.75, 3.05) is 0 Å². The Kier molecular flexibility index (Phi) is 2.53. The molecule has 0 fully saturated rings. The van der Waals surface area contributed by atoms with Crippen LogP contribution in [0.2, 0.25) is 0 Å². The highest BCUT2D eigenvalue weighted by Gasteiger charge is 2.37. The third kappa shape index (κ3) is 1.52. The maximum atomic E-state index is 3.45. The molecule has 86 valence electrons. The lowest BCUT2D eigenvalue weighted by Gasteiger charge is -2.24. The van der Waals surface area contributed by atoms with Gasteiger partial charge < -0.3 is 0 Å². The molecule has 0 spiro atoms. The summed E-state index contributed by atoms with van der Waals surface area (Å²) in [6, 6.07) is 8.86. The number of allylic oxidation sites excluding steroid dienone is 3. The minimum atomic E-state index is 0.548. The second-order valence-corrected chi connectivity index (χ2v) is 5.13. The van der Waals surface area contributed by atoms with Gasteiger partial charge in [0.25, 0.3) is 0 Å². The summed E-state index contributed by atoms with van der Waals surface area (Å²) in [5, 5.41) is 0. The molecule has 2 aliphatic carbocycles. The fourth-order valence-corrected chi connectivity index (χ4v) is 3.20. The van der Waals surface area contributed by atoms with Crippen LogP contribution in [0.4, 0.5) is 0 Å². The molecule has 3 unspecified atom stereocenters. The smallest absolute Gasteiger partial charge is 0.0172 e. The van der Waals surface area contributed by atoms with E-state index < -0.39 is 0 Å². The van der Waals surface area contributed by atoms with Crippen LogP contribution < -0.4 is 0 Å². The number of fused-ring (bicyclic) bond motifs is 3. The van der Waals surface area contributed by atoms with Gasteiger partial charge in [0, 0.05) is 11.5 Å². The quantitative estimate of drug-likeness (QED) is 0.644. The van der Waals surface area contributed by atoms with Gasteiger partial charge >= 0.3 is 0 Å². The highest BCUT2D eigenvalue weighted by atomic mass is 14.4. The maximum Gasteiger partial charge on any atom is 0.0172 e. The van der Waals surface area contributed by atoms with Crippen LogP contribution in [-0.4, -0.2) is 0 Å². The minimum absolute atomic E-state index is 0.548. The average molecular weight is 222 g/mol. The van der Waals surface area contributed by atoms with Gasteiger partial charge in [-0.05, 0) is 29.0 Å². The van der Waals surface area contributed by atoms with E-state index >= 15 is 0 Å². The molecule has 0 saturated carbocycles. The Morgan fingerprint density at radius 3 is 2.94 bits per heavy atom. The van der Waals surface area contributed by atoms with Crippen molar-refractivity contribution in [1.82, 2.24) is 0 Å². The van der Waals surface area contributed by atoms with Crippen LogP contribution in [-0.2, 0) is 0 Å². The molecule has 1 aromatic rings. The Hall–Kier alpha value is -1.52. The van der Waals surface area contributed by atoms with Gasteiger partial charge in [-0.3, -0.25) is 0 Å². The fourth-order valence-electron chi connectivity index (χ4n) is 3.20. The molecule has 3 rings (SSSR count). The Balaban J connectivity index is 2.18. The zero-order valence-corrected chi connectivity index (χ0v) is 10.5. The van der Waals surface area contributed by atoms with Crippen molar-refractivity contribution in [3.63, 3.8) is 0 Å². The van der Waals surface area contributed by atoms with Gasteiger partial charge in [0.05, 0.1) is 0 Å². The first-order valence-corrected chi connectivity index (χ1v) is 6.55. The van der Waals surface area contributed by atoms with E-state index in [1.165, 1.54) is 23.1 Å². The Bertz CT molecular complexity index is 527. The normalized spacial score (nSPS) is 26.4. The molecule has 0 bridgehead atoms. The molecule has 2 aliphatic rings. The molecule has 0 radical (unpaired) electrons. The van der Waals surface area contributed by atoms with Crippen LogP contribution in [0.5, 0.6) is 0 Å². The van der Waals surface area contributed by atoms with E-state index in [2.05, 4.69) is 56.0 Å². The van der Waals surface area contributed by atoms with Gasteiger partial charge in [0.15, 0.2) is 0 Å². The van der Waals surface area contributed by atoms with E-state index in [0.717, 1.165) is 5.92 Å². The molecular weight excluding hydrogens is 204 g/mol. The zero-order valence-electron chi connectivity index (χ0n) is 10.5. The number of benzene rings is 1. The number of hydrogen-bond acceptors (Lipinski definition) is 0. The Labute approximate surface area is 103 Å². The van der Waals surface area contributed by atoms with Crippen molar-refractivity contribution in [1.29, 1.82) is 0 Å². The summed E-state index contributed by atoms with van der Waals surface area (Å²) < 4.78 is 0. The van der Waals surface area contributed by atoms with Crippen LogP contribution in [0.3, 0.4) is 0 Å². The van der Waals surface area contributed by atoms with Crippen LogP contribution >= 0.6 is 0 Å². The first-order chi connectivity index (χ1) is 8.33. The van der Waals surface area contributed by atoms with Crippen LogP contribution in [0.15, 0.2) is 48.2 Å². The van der Waals surface area contributed by atoms with E-state index in [1.807, 2.05) is 6.08 Å². The average Bonchev–Trinajstić information content (AvgIpc) is 2.72. The molecule has 0 saturated heterocycles. The summed E-state index contributed by atoms with van der Waals surface area (Å²) in [5.41, 5.74) is 7.79. The number of rotatable bonds is 2. The topological polar surface area (TPSA) is 0 Å². The second kappa shape index (κ2) is 4.05. The van der Waals surface area contributed by atoms with Gasteiger partial charge in [0.2, 0.25) is 0 Å². The molecule has 1 aromatic carbocycles. The van der Waals surface area contributed by atoms with Crippen molar-refractivity contribution >= 4 is 5.57 Å². The molecule has 0 aliphatic heterocycles. The van der Waals surface area contributed by atoms with E-state index in [9.17, 15) is 0 Å². The minimum Gasteiger partial charge on any atom is -0.116 e. The summed E-state index contributed by atoms with van der Waals surface area (Å²) >= 11 is 0. The van der Waals surface area contributed by atoms with Crippen LogP contribution in [0.1, 0.15) is 37.3 Å². The molecule has 0 N–H and O–H groups in total. The predicted molar refractivity (Wildman–Crippen MR) is 72.8 cm³/mol. The summed E-state index contributed by atoms with van der Waals surface area (Å²) in [6.45, 7) is 4.66. The van der Waals surface area contributed by atoms with Crippen molar-refractivity contribution in [3.05, 3.63) is 59.4 Å². The summed E-state index contributed by atoms with van der Waals surface area (Å²) in [6.07, 6.45) is 7.78. The Morgan fingerprint density at radius 2 is 2.12 bits per heavy atom. The number of hydrogen-bond donors (Lipinski definition) is 0. The van der Waals surface area contributed by atoms with Gasteiger partial charge in [0.1, 0.15) is 0 Å². The SMILES string of the molecule is CCC(C)C1c2ccccc2C2=C=CC=CC21. The summed E-state index contributed by atoms with van der Waals surface area (Å²) in [5.74, 6) is 1.92. The lowest BCUT2D eigenvalue weighted by Crippen LogP contribution is -2.13. The van der Waals surface area contributed by atoms with Crippen LogP contribution in [0.25, 0.3) is 5.57 Å². The molecule has 0 aromatic heterocycles. The van der Waals surface area contributed by atoms with Crippen molar-refractivity contribution in [3.8, 4) is 0 Å². The molecular formula is C17H18. The highest BCUT2D eigenvalue weighted by molar-refractivity contribution is 5.78. The lowest BCUT2D eigenvalue weighted by atomic mass is 9.79. The molecule has 0 heterocycles. The largest absolute Gasteiger partial charge is 0.116 e.